The topological polar surface area (TPSA) is 15.3 Å². The van der Waals surface area contributed by atoms with E-state index in [-0.39, 0.29) is 0 Å². The van der Waals surface area contributed by atoms with Crippen LogP contribution in [0.2, 0.25) is 0 Å². The fraction of sp³-hybridized carbons (Fsp3) is 1.00. The standard InChI is InChI=1S/C18H36N2/c1-5-7-16-8-9-17(19-10-6-2)18(11-16)20-12-14(3)15(4)13-20/h14-19H,5-13H2,1-4H3. The van der Waals surface area contributed by atoms with Crippen LogP contribution in [0.25, 0.3) is 0 Å². The third-order valence-corrected chi connectivity index (χ3v) is 5.76. The molecule has 1 heterocycles. The number of nitrogens with zero attached hydrogens (tertiary/aromatic N) is 1. The van der Waals surface area contributed by atoms with E-state index in [4.69, 9.17) is 0 Å². The molecule has 0 spiro atoms. The van der Waals surface area contributed by atoms with Gasteiger partial charge in [0.05, 0.1) is 0 Å². The molecule has 1 aliphatic heterocycles. The molecule has 20 heavy (non-hydrogen) atoms. The molecule has 1 saturated heterocycles. The van der Waals surface area contributed by atoms with E-state index in [0.29, 0.717) is 0 Å². The minimum absolute atomic E-state index is 0.751. The van der Waals surface area contributed by atoms with Gasteiger partial charge in [0.2, 0.25) is 0 Å². The Labute approximate surface area is 126 Å². The van der Waals surface area contributed by atoms with Crippen LogP contribution < -0.4 is 5.32 Å². The summed E-state index contributed by atoms with van der Waals surface area (Å²) in [6, 6.07) is 1.56. The van der Waals surface area contributed by atoms with Crippen LogP contribution in [0, 0.1) is 17.8 Å². The van der Waals surface area contributed by atoms with Gasteiger partial charge in [0.25, 0.3) is 0 Å². The highest BCUT2D eigenvalue weighted by molar-refractivity contribution is 4.94. The summed E-state index contributed by atoms with van der Waals surface area (Å²) in [5, 5.41) is 3.85. The highest BCUT2D eigenvalue weighted by atomic mass is 15.2. The molecule has 1 N–H and O–H groups in total. The van der Waals surface area contributed by atoms with Crippen molar-refractivity contribution >= 4 is 0 Å². The van der Waals surface area contributed by atoms with Gasteiger partial charge in [-0.3, -0.25) is 4.90 Å². The van der Waals surface area contributed by atoms with E-state index < -0.39 is 0 Å². The molecule has 0 amide bonds. The van der Waals surface area contributed by atoms with E-state index in [2.05, 4.69) is 37.9 Å². The summed E-state index contributed by atoms with van der Waals surface area (Å²) in [4.78, 5) is 2.82. The fourth-order valence-electron chi connectivity index (χ4n) is 4.32. The van der Waals surface area contributed by atoms with Gasteiger partial charge in [-0.15, -0.1) is 0 Å². The molecule has 2 nitrogen and oxygen atoms in total. The van der Waals surface area contributed by atoms with Crippen molar-refractivity contribution in [3.05, 3.63) is 0 Å². The van der Waals surface area contributed by atoms with Crippen molar-refractivity contribution in [2.24, 2.45) is 17.8 Å². The SMILES string of the molecule is CCCNC1CCC(CCC)CC1N1CC(C)C(C)C1. The zero-order chi connectivity index (χ0) is 14.5. The fourth-order valence-corrected chi connectivity index (χ4v) is 4.32. The lowest BCUT2D eigenvalue weighted by Gasteiger charge is -2.42. The Kier molecular flexibility index (Phi) is 6.35. The molecule has 0 radical (unpaired) electrons. The quantitative estimate of drug-likeness (QED) is 0.793. The minimum Gasteiger partial charge on any atom is -0.312 e. The first-order chi connectivity index (χ1) is 9.65. The summed E-state index contributed by atoms with van der Waals surface area (Å²) in [7, 11) is 0. The zero-order valence-electron chi connectivity index (χ0n) is 14.2. The third kappa shape index (κ3) is 3.98. The maximum Gasteiger partial charge on any atom is 0.0252 e. The van der Waals surface area contributed by atoms with Gasteiger partial charge in [-0.1, -0.05) is 40.5 Å². The van der Waals surface area contributed by atoms with Crippen LogP contribution in [0.4, 0.5) is 0 Å². The number of likely N-dealkylation sites (tertiary alicyclic amines) is 1. The van der Waals surface area contributed by atoms with E-state index in [1.54, 1.807) is 0 Å². The zero-order valence-corrected chi connectivity index (χ0v) is 14.2. The lowest BCUT2D eigenvalue weighted by molar-refractivity contribution is 0.110. The maximum absolute atomic E-state index is 3.85. The highest BCUT2D eigenvalue weighted by Crippen LogP contribution is 2.34. The Hall–Kier alpha value is -0.0800. The predicted octanol–water partition coefficient (Wildman–Crippen LogP) is 3.91. The van der Waals surface area contributed by atoms with Gasteiger partial charge in [0, 0.05) is 25.2 Å². The Bertz CT molecular complexity index is 269. The molecule has 5 atom stereocenters. The average Bonchev–Trinajstić information content (AvgIpc) is 2.77. The van der Waals surface area contributed by atoms with Crippen molar-refractivity contribution in [2.45, 2.75) is 78.3 Å². The van der Waals surface area contributed by atoms with E-state index in [0.717, 1.165) is 29.8 Å². The Balaban J connectivity index is 1.97. The first kappa shape index (κ1) is 16.3. The Morgan fingerprint density at radius 1 is 1.00 bits per heavy atom. The van der Waals surface area contributed by atoms with E-state index in [1.807, 2.05) is 0 Å². The van der Waals surface area contributed by atoms with Gasteiger partial charge >= 0.3 is 0 Å². The summed E-state index contributed by atoms with van der Waals surface area (Å²) in [5.74, 6) is 2.75. The maximum atomic E-state index is 3.85. The van der Waals surface area contributed by atoms with Crippen molar-refractivity contribution in [3.8, 4) is 0 Å². The average molecular weight is 280 g/mol. The third-order valence-electron chi connectivity index (χ3n) is 5.76. The van der Waals surface area contributed by atoms with Crippen molar-refractivity contribution in [1.82, 2.24) is 10.2 Å². The second-order valence-corrected chi connectivity index (χ2v) is 7.50. The summed E-state index contributed by atoms with van der Waals surface area (Å²) in [6.07, 6.45) is 8.34. The van der Waals surface area contributed by atoms with Gasteiger partial charge < -0.3 is 5.32 Å². The molecule has 2 rings (SSSR count). The van der Waals surface area contributed by atoms with Crippen LogP contribution in [0.3, 0.4) is 0 Å². The first-order valence-corrected chi connectivity index (χ1v) is 9.13. The summed E-state index contributed by atoms with van der Waals surface area (Å²) < 4.78 is 0. The van der Waals surface area contributed by atoms with Crippen LogP contribution in [0.1, 0.15) is 66.2 Å². The van der Waals surface area contributed by atoms with Crippen molar-refractivity contribution in [3.63, 3.8) is 0 Å². The molecule has 0 bridgehead atoms. The van der Waals surface area contributed by atoms with Gasteiger partial charge in [-0.25, -0.2) is 0 Å². The van der Waals surface area contributed by atoms with Crippen LogP contribution in [-0.2, 0) is 0 Å². The summed E-state index contributed by atoms with van der Waals surface area (Å²) >= 11 is 0. The van der Waals surface area contributed by atoms with Gasteiger partial charge in [0.1, 0.15) is 0 Å². The molecule has 0 aromatic rings. The van der Waals surface area contributed by atoms with Crippen LogP contribution in [0.15, 0.2) is 0 Å². The number of hydrogen-bond donors (Lipinski definition) is 1. The summed E-state index contributed by atoms with van der Waals surface area (Å²) in [6.45, 7) is 13.3. The molecular formula is C18H36N2. The molecule has 0 aromatic carbocycles. The van der Waals surface area contributed by atoms with Gasteiger partial charge in [0.15, 0.2) is 0 Å². The Morgan fingerprint density at radius 3 is 2.30 bits per heavy atom. The lowest BCUT2D eigenvalue weighted by Crippen LogP contribution is -2.53. The second kappa shape index (κ2) is 7.79. The summed E-state index contributed by atoms with van der Waals surface area (Å²) in [5.41, 5.74) is 0. The Morgan fingerprint density at radius 2 is 1.70 bits per heavy atom. The number of hydrogen-bond acceptors (Lipinski definition) is 2. The molecule has 1 aliphatic carbocycles. The minimum atomic E-state index is 0.751. The van der Waals surface area contributed by atoms with Crippen LogP contribution >= 0.6 is 0 Å². The predicted molar refractivity (Wildman–Crippen MR) is 88.0 cm³/mol. The van der Waals surface area contributed by atoms with Gasteiger partial charge in [-0.2, -0.15) is 0 Å². The van der Waals surface area contributed by atoms with E-state index >= 15 is 0 Å². The number of rotatable bonds is 6. The molecule has 2 aliphatic rings. The van der Waals surface area contributed by atoms with E-state index in [9.17, 15) is 0 Å². The first-order valence-electron chi connectivity index (χ1n) is 9.13. The van der Waals surface area contributed by atoms with Crippen molar-refractivity contribution < 1.29 is 0 Å². The number of nitrogens with one attached hydrogen (secondary N) is 1. The molecule has 1 saturated carbocycles. The molecule has 5 unspecified atom stereocenters. The lowest BCUT2D eigenvalue weighted by atomic mass is 9.79. The smallest absolute Gasteiger partial charge is 0.0252 e. The van der Waals surface area contributed by atoms with Crippen LogP contribution in [0.5, 0.6) is 0 Å². The van der Waals surface area contributed by atoms with Crippen molar-refractivity contribution in [2.75, 3.05) is 19.6 Å². The molecule has 2 fully saturated rings. The molecule has 2 heteroatoms. The largest absolute Gasteiger partial charge is 0.312 e. The van der Waals surface area contributed by atoms with Crippen LogP contribution in [-0.4, -0.2) is 36.6 Å². The van der Waals surface area contributed by atoms with Gasteiger partial charge in [-0.05, 0) is 50.0 Å². The highest BCUT2D eigenvalue weighted by Gasteiger charge is 2.38. The normalized spacial score (nSPS) is 39.3. The monoisotopic (exact) mass is 280 g/mol. The molecular weight excluding hydrogens is 244 g/mol. The van der Waals surface area contributed by atoms with Crippen molar-refractivity contribution in [1.29, 1.82) is 0 Å². The van der Waals surface area contributed by atoms with E-state index in [1.165, 1.54) is 58.2 Å². The molecule has 0 aromatic heterocycles. The molecule has 118 valence electrons. The second-order valence-electron chi connectivity index (χ2n) is 7.50.